The van der Waals surface area contributed by atoms with Crippen molar-refractivity contribution in [2.45, 2.75) is 31.7 Å². The van der Waals surface area contributed by atoms with Gasteiger partial charge in [0.15, 0.2) is 5.11 Å². The molecule has 1 amide bonds. The molecule has 0 aromatic heterocycles. The standard InChI is InChI=1S/C17H24N4O2S/c1-23-14-6-4-13(5-7-14)18-10-16(22)20-21-17(24)19-15-9-11-2-3-12(15)8-11/h4-7,11-12,15,18H,2-3,8-10H2,1H3,(H,20,22)(H2,19,21,24)/t11-,12+,15+/m0/s1. The summed E-state index contributed by atoms with van der Waals surface area (Å²) in [5, 5.41) is 6.86. The monoisotopic (exact) mass is 348 g/mol. The summed E-state index contributed by atoms with van der Waals surface area (Å²) in [6, 6.07) is 7.86. The lowest BCUT2D eigenvalue weighted by atomic mass is 9.96. The predicted octanol–water partition coefficient (Wildman–Crippen LogP) is 1.79. The van der Waals surface area contributed by atoms with E-state index in [0.29, 0.717) is 11.2 Å². The summed E-state index contributed by atoms with van der Waals surface area (Å²) in [6.45, 7) is 0.163. The summed E-state index contributed by atoms with van der Waals surface area (Å²) in [7, 11) is 1.62. The van der Waals surface area contributed by atoms with Crippen LogP contribution in [0.2, 0.25) is 0 Å². The van der Waals surface area contributed by atoms with Crippen molar-refractivity contribution in [3.8, 4) is 5.75 Å². The SMILES string of the molecule is COc1ccc(NCC(=O)NNC(=S)N[C@@H]2C[C@H]3CC[C@@H]2C3)cc1. The van der Waals surface area contributed by atoms with Gasteiger partial charge in [-0.2, -0.15) is 0 Å². The van der Waals surface area contributed by atoms with Crippen LogP contribution in [0.15, 0.2) is 24.3 Å². The summed E-state index contributed by atoms with van der Waals surface area (Å²) in [5.41, 5.74) is 6.25. The topological polar surface area (TPSA) is 74.4 Å². The van der Waals surface area contributed by atoms with E-state index in [9.17, 15) is 4.79 Å². The third-order valence-corrected chi connectivity index (χ3v) is 5.13. The normalized spacial score (nSPS) is 24.3. The number of ether oxygens (including phenoxy) is 1. The number of thiocarbonyl (C=S) groups is 1. The van der Waals surface area contributed by atoms with E-state index in [0.717, 1.165) is 23.3 Å². The van der Waals surface area contributed by atoms with Gasteiger partial charge in [-0.25, -0.2) is 0 Å². The van der Waals surface area contributed by atoms with Crippen molar-refractivity contribution in [3.63, 3.8) is 0 Å². The second kappa shape index (κ2) is 7.70. The van der Waals surface area contributed by atoms with E-state index < -0.39 is 0 Å². The van der Waals surface area contributed by atoms with Gasteiger partial charge >= 0.3 is 0 Å². The van der Waals surface area contributed by atoms with E-state index in [1.54, 1.807) is 7.11 Å². The Labute approximate surface area is 147 Å². The van der Waals surface area contributed by atoms with E-state index in [1.165, 1.54) is 25.7 Å². The lowest BCUT2D eigenvalue weighted by Crippen LogP contribution is -2.51. The maximum atomic E-state index is 11.9. The Hall–Kier alpha value is -2.02. The number of rotatable bonds is 5. The van der Waals surface area contributed by atoms with E-state index in [4.69, 9.17) is 17.0 Å². The number of hydrogen-bond acceptors (Lipinski definition) is 4. The number of benzene rings is 1. The summed E-state index contributed by atoms with van der Waals surface area (Å²) >= 11 is 5.26. The van der Waals surface area contributed by atoms with Gasteiger partial charge in [-0.15, -0.1) is 0 Å². The second-order valence-corrected chi connectivity index (χ2v) is 6.92. The van der Waals surface area contributed by atoms with Gasteiger partial charge in [-0.1, -0.05) is 6.42 Å². The first kappa shape index (κ1) is 16.8. The third kappa shape index (κ3) is 4.29. The first-order valence-electron chi connectivity index (χ1n) is 8.37. The molecular formula is C17H24N4O2S. The van der Waals surface area contributed by atoms with Crippen LogP contribution in [-0.4, -0.2) is 30.7 Å². The molecule has 0 saturated heterocycles. The van der Waals surface area contributed by atoms with Crippen LogP contribution >= 0.6 is 12.2 Å². The van der Waals surface area contributed by atoms with Gasteiger partial charge in [0.2, 0.25) is 0 Å². The Morgan fingerprint density at radius 2 is 2.00 bits per heavy atom. The number of hydrogen-bond donors (Lipinski definition) is 4. The van der Waals surface area contributed by atoms with Crippen molar-refractivity contribution < 1.29 is 9.53 Å². The molecule has 2 saturated carbocycles. The van der Waals surface area contributed by atoms with Gasteiger partial charge in [-0.3, -0.25) is 15.6 Å². The first-order valence-corrected chi connectivity index (χ1v) is 8.78. The molecule has 4 N–H and O–H groups in total. The second-order valence-electron chi connectivity index (χ2n) is 6.51. The molecule has 2 aliphatic rings. The van der Waals surface area contributed by atoms with Crippen molar-refractivity contribution in [1.29, 1.82) is 0 Å². The summed E-state index contributed by atoms with van der Waals surface area (Å²) < 4.78 is 5.09. The molecule has 1 aromatic rings. The van der Waals surface area contributed by atoms with Gasteiger partial charge in [0, 0.05) is 11.7 Å². The smallest absolute Gasteiger partial charge is 0.257 e. The third-order valence-electron chi connectivity index (χ3n) is 4.91. The highest BCUT2D eigenvalue weighted by Crippen LogP contribution is 2.44. The molecule has 2 bridgehead atoms. The molecule has 1 aromatic carbocycles. The van der Waals surface area contributed by atoms with Crippen molar-refractivity contribution in [2.75, 3.05) is 19.0 Å². The van der Waals surface area contributed by atoms with Crippen LogP contribution in [0.4, 0.5) is 5.69 Å². The molecule has 0 radical (unpaired) electrons. The van der Waals surface area contributed by atoms with Crippen molar-refractivity contribution in [1.82, 2.24) is 16.2 Å². The zero-order chi connectivity index (χ0) is 16.9. The van der Waals surface area contributed by atoms with E-state index in [-0.39, 0.29) is 12.5 Å². The molecule has 2 aliphatic carbocycles. The molecule has 7 heteroatoms. The number of nitrogens with one attached hydrogen (secondary N) is 4. The first-order chi connectivity index (χ1) is 11.6. The number of carbonyl (C=O) groups is 1. The van der Waals surface area contributed by atoms with Crippen LogP contribution < -0.4 is 26.2 Å². The summed E-state index contributed by atoms with van der Waals surface area (Å²) in [5.74, 6) is 2.20. The molecule has 130 valence electrons. The minimum atomic E-state index is -0.178. The number of fused-ring (bicyclic) bond motifs is 2. The Balaban J connectivity index is 1.33. The number of anilines is 1. The number of amides is 1. The molecule has 24 heavy (non-hydrogen) atoms. The molecule has 0 aliphatic heterocycles. The number of hydrazine groups is 1. The quantitative estimate of drug-likeness (QED) is 0.480. The Morgan fingerprint density at radius 3 is 2.62 bits per heavy atom. The number of methoxy groups -OCH3 is 1. The molecule has 6 nitrogen and oxygen atoms in total. The lowest BCUT2D eigenvalue weighted by molar-refractivity contribution is -0.119. The fraction of sp³-hybridized carbons (Fsp3) is 0.529. The fourth-order valence-corrected chi connectivity index (χ4v) is 3.89. The molecule has 0 heterocycles. The minimum absolute atomic E-state index is 0.163. The largest absolute Gasteiger partial charge is 0.497 e. The van der Waals surface area contributed by atoms with E-state index in [1.807, 2.05) is 24.3 Å². The van der Waals surface area contributed by atoms with Crippen molar-refractivity contribution in [3.05, 3.63) is 24.3 Å². The molecule has 3 atom stereocenters. The molecular weight excluding hydrogens is 324 g/mol. The average molecular weight is 348 g/mol. The van der Waals surface area contributed by atoms with Crippen LogP contribution in [0.1, 0.15) is 25.7 Å². The zero-order valence-corrected chi connectivity index (χ0v) is 14.6. The Morgan fingerprint density at radius 1 is 1.21 bits per heavy atom. The maximum Gasteiger partial charge on any atom is 0.257 e. The Bertz CT molecular complexity index is 593. The van der Waals surface area contributed by atoms with Gasteiger partial charge in [0.25, 0.3) is 5.91 Å². The van der Waals surface area contributed by atoms with Gasteiger partial charge in [-0.05, 0) is 67.6 Å². The highest BCUT2D eigenvalue weighted by Gasteiger charge is 2.39. The highest BCUT2D eigenvalue weighted by molar-refractivity contribution is 7.80. The van der Waals surface area contributed by atoms with Crippen LogP contribution in [-0.2, 0) is 4.79 Å². The van der Waals surface area contributed by atoms with Gasteiger partial charge < -0.3 is 15.4 Å². The van der Waals surface area contributed by atoms with Crippen molar-refractivity contribution in [2.24, 2.45) is 11.8 Å². The predicted molar refractivity (Wildman–Crippen MR) is 97.7 cm³/mol. The number of carbonyl (C=O) groups excluding carboxylic acids is 1. The molecule has 0 spiro atoms. The van der Waals surface area contributed by atoms with Crippen LogP contribution in [0.25, 0.3) is 0 Å². The van der Waals surface area contributed by atoms with Crippen LogP contribution in [0.3, 0.4) is 0 Å². The molecule has 0 unspecified atom stereocenters. The molecule has 3 rings (SSSR count). The highest BCUT2D eigenvalue weighted by atomic mass is 32.1. The van der Waals surface area contributed by atoms with Crippen LogP contribution in [0, 0.1) is 11.8 Å². The van der Waals surface area contributed by atoms with Gasteiger partial charge in [0.1, 0.15) is 5.75 Å². The summed E-state index contributed by atoms with van der Waals surface area (Å²) in [4.78, 5) is 11.9. The van der Waals surface area contributed by atoms with E-state index in [2.05, 4.69) is 21.5 Å². The van der Waals surface area contributed by atoms with E-state index >= 15 is 0 Å². The molecule has 2 fully saturated rings. The Kier molecular flexibility index (Phi) is 5.40. The average Bonchev–Trinajstić information content (AvgIpc) is 3.21. The van der Waals surface area contributed by atoms with Gasteiger partial charge in [0.05, 0.1) is 13.7 Å². The maximum absolute atomic E-state index is 11.9. The zero-order valence-electron chi connectivity index (χ0n) is 13.8. The summed E-state index contributed by atoms with van der Waals surface area (Å²) in [6.07, 6.45) is 5.16. The fourth-order valence-electron chi connectivity index (χ4n) is 3.69. The lowest BCUT2D eigenvalue weighted by Gasteiger charge is -2.24. The minimum Gasteiger partial charge on any atom is -0.497 e. The van der Waals surface area contributed by atoms with Crippen molar-refractivity contribution >= 4 is 28.9 Å². The van der Waals surface area contributed by atoms with Crippen LogP contribution in [0.5, 0.6) is 5.75 Å².